The summed E-state index contributed by atoms with van der Waals surface area (Å²) in [6.45, 7) is 3.28. The zero-order valence-electron chi connectivity index (χ0n) is 16.3. The normalized spacial score (nSPS) is 11.9. The molecule has 0 spiro atoms. The number of thioether (sulfide) groups is 1. The molecule has 0 saturated heterocycles. The molecule has 0 atom stereocenters. The monoisotopic (exact) mass is 435 g/mol. The molecular weight excluding hydrogens is 410 g/mol. The summed E-state index contributed by atoms with van der Waals surface area (Å²) in [5, 5.41) is 35.7. The fraction of sp³-hybridized carbons (Fsp3) is 0.421. The third-order valence-corrected chi connectivity index (χ3v) is 5.97. The van der Waals surface area contributed by atoms with Crippen LogP contribution in [-0.2, 0) is 5.75 Å². The number of fused-ring (bicyclic) bond motifs is 1. The molecule has 0 radical (unpaired) electrons. The van der Waals surface area contributed by atoms with Gasteiger partial charge in [-0.15, -0.1) is 0 Å². The van der Waals surface area contributed by atoms with Crippen LogP contribution in [-0.4, -0.2) is 61.7 Å². The number of hydrogen-bond acceptors (Lipinski definition) is 10. The molecule has 2 aromatic heterocycles. The number of nitrogens with zero attached hydrogens (tertiary/aromatic N) is 3. The first-order valence-corrected chi connectivity index (χ1v) is 11.0. The van der Waals surface area contributed by atoms with E-state index in [1.54, 1.807) is 0 Å². The third-order valence-electron chi connectivity index (χ3n) is 4.06. The average Bonchev–Trinajstić information content (AvgIpc) is 3.14. The Labute approximate surface area is 177 Å². The van der Waals surface area contributed by atoms with Crippen molar-refractivity contribution >= 4 is 44.4 Å². The lowest BCUT2D eigenvalue weighted by Crippen LogP contribution is -2.35. The molecule has 0 fully saturated rings. The maximum absolute atomic E-state index is 9.65. The second-order valence-corrected chi connectivity index (χ2v) is 9.12. The van der Waals surface area contributed by atoms with Crippen molar-refractivity contribution in [2.75, 3.05) is 30.5 Å². The van der Waals surface area contributed by atoms with Gasteiger partial charge in [-0.25, -0.2) is 9.97 Å². The molecule has 3 aromatic rings. The van der Waals surface area contributed by atoms with Gasteiger partial charge in [0.1, 0.15) is 4.70 Å². The van der Waals surface area contributed by atoms with E-state index in [2.05, 4.69) is 25.6 Å². The molecule has 0 bridgehead atoms. The Kier molecular flexibility index (Phi) is 7.25. The number of rotatable bonds is 10. The number of aromatic nitrogens is 3. The number of hydrogen-bond donors (Lipinski definition) is 5. The minimum absolute atomic E-state index is 0.0635. The first-order valence-electron chi connectivity index (χ1n) is 9.16. The van der Waals surface area contributed by atoms with E-state index in [-0.39, 0.29) is 19.8 Å². The molecule has 0 aliphatic carbocycles. The van der Waals surface area contributed by atoms with Crippen molar-refractivity contribution in [2.24, 2.45) is 0 Å². The molecule has 0 saturated carbocycles. The first-order chi connectivity index (χ1) is 13.9. The minimum Gasteiger partial charge on any atom is -0.394 e. The number of anilines is 2. The highest BCUT2D eigenvalue weighted by Gasteiger charge is 2.22. The van der Waals surface area contributed by atoms with Crippen molar-refractivity contribution in [3.05, 3.63) is 35.9 Å². The third kappa shape index (κ3) is 5.77. The van der Waals surface area contributed by atoms with Crippen LogP contribution in [0.5, 0.6) is 0 Å². The summed E-state index contributed by atoms with van der Waals surface area (Å²) in [5.74, 6) is 1.32. The molecule has 0 aliphatic rings. The summed E-state index contributed by atoms with van der Waals surface area (Å²) in [5.41, 5.74) is 1.12. The van der Waals surface area contributed by atoms with Gasteiger partial charge in [0.25, 0.3) is 0 Å². The summed E-state index contributed by atoms with van der Waals surface area (Å²) < 4.78 is 0.743. The van der Waals surface area contributed by atoms with Gasteiger partial charge in [-0.3, -0.25) is 0 Å². The molecule has 5 N–H and O–H groups in total. The second kappa shape index (κ2) is 9.68. The predicted octanol–water partition coefficient (Wildman–Crippen LogP) is 2.33. The summed E-state index contributed by atoms with van der Waals surface area (Å²) in [6.07, 6.45) is 0. The standard InChI is InChI=1S/C19H25N5O3S2/c1-19(2,11-27)24-16-14-15(22-18(29-14)20-13(8-25)9-26)21-17(23-16)28-10-12-6-4-3-5-7-12/h3-7,13,25-27H,8-11H2,1-2H3,(H2,20,21,22,23,24). The van der Waals surface area contributed by atoms with Crippen LogP contribution in [0.15, 0.2) is 35.5 Å². The number of benzene rings is 1. The van der Waals surface area contributed by atoms with Gasteiger partial charge < -0.3 is 26.0 Å². The molecule has 0 amide bonds. The predicted molar refractivity (Wildman–Crippen MR) is 118 cm³/mol. The van der Waals surface area contributed by atoms with Gasteiger partial charge in [0.2, 0.25) is 0 Å². The van der Waals surface area contributed by atoms with Crippen molar-refractivity contribution < 1.29 is 15.3 Å². The van der Waals surface area contributed by atoms with Crippen LogP contribution in [0.3, 0.4) is 0 Å². The minimum atomic E-state index is -0.570. The molecule has 0 unspecified atom stereocenters. The van der Waals surface area contributed by atoms with Crippen molar-refractivity contribution in [3.8, 4) is 0 Å². The summed E-state index contributed by atoms with van der Waals surface area (Å²) in [7, 11) is 0. The highest BCUT2D eigenvalue weighted by molar-refractivity contribution is 7.98. The SMILES string of the molecule is CC(C)(CO)Nc1nc(SCc2ccccc2)nc2nc(NC(CO)CO)sc12. The highest BCUT2D eigenvalue weighted by atomic mass is 32.2. The van der Waals surface area contributed by atoms with E-state index in [0.29, 0.717) is 21.8 Å². The van der Waals surface area contributed by atoms with Crippen LogP contribution in [0.25, 0.3) is 10.3 Å². The van der Waals surface area contributed by atoms with Crippen LogP contribution in [0.1, 0.15) is 19.4 Å². The van der Waals surface area contributed by atoms with E-state index >= 15 is 0 Å². The van der Waals surface area contributed by atoms with Crippen molar-refractivity contribution in [3.63, 3.8) is 0 Å². The number of thiazole rings is 1. The second-order valence-electron chi connectivity index (χ2n) is 7.17. The van der Waals surface area contributed by atoms with E-state index in [9.17, 15) is 15.3 Å². The topological polar surface area (TPSA) is 123 Å². The van der Waals surface area contributed by atoms with Crippen molar-refractivity contribution in [1.82, 2.24) is 15.0 Å². The highest BCUT2D eigenvalue weighted by Crippen LogP contribution is 2.34. The largest absolute Gasteiger partial charge is 0.394 e. The fourth-order valence-corrected chi connectivity index (χ4v) is 4.14. The first kappa shape index (κ1) is 21.7. The van der Waals surface area contributed by atoms with Crippen LogP contribution in [0.4, 0.5) is 10.9 Å². The molecule has 3 rings (SSSR count). The van der Waals surface area contributed by atoms with Crippen molar-refractivity contribution in [1.29, 1.82) is 0 Å². The molecule has 29 heavy (non-hydrogen) atoms. The van der Waals surface area contributed by atoms with Crippen LogP contribution >= 0.6 is 23.1 Å². The summed E-state index contributed by atoms with van der Waals surface area (Å²) in [6, 6.07) is 9.57. The van der Waals surface area contributed by atoms with Gasteiger partial charge in [-0.1, -0.05) is 53.4 Å². The maximum Gasteiger partial charge on any atom is 0.191 e. The maximum atomic E-state index is 9.65. The molecule has 0 aliphatic heterocycles. The van der Waals surface area contributed by atoms with Crippen LogP contribution in [0.2, 0.25) is 0 Å². The summed E-state index contributed by atoms with van der Waals surface area (Å²) >= 11 is 2.84. The number of aliphatic hydroxyl groups excluding tert-OH is 3. The molecule has 8 nitrogen and oxygen atoms in total. The van der Waals surface area contributed by atoms with Gasteiger partial charge in [0.05, 0.1) is 31.4 Å². The van der Waals surface area contributed by atoms with Gasteiger partial charge in [0, 0.05) is 5.75 Å². The van der Waals surface area contributed by atoms with Gasteiger partial charge >= 0.3 is 0 Å². The zero-order valence-corrected chi connectivity index (χ0v) is 17.9. The molecule has 156 valence electrons. The fourth-order valence-electron chi connectivity index (χ4n) is 2.42. The van der Waals surface area contributed by atoms with Crippen molar-refractivity contribution in [2.45, 2.75) is 36.3 Å². The van der Waals surface area contributed by atoms with E-state index in [4.69, 9.17) is 0 Å². The Hall–Kier alpha value is -1.98. The lowest BCUT2D eigenvalue weighted by Gasteiger charge is -2.24. The van der Waals surface area contributed by atoms with E-state index < -0.39 is 11.6 Å². The molecule has 2 heterocycles. The lowest BCUT2D eigenvalue weighted by atomic mass is 10.1. The van der Waals surface area contributed by atoms with E-state index in [0.717, 1.165) is 10.5 Å². The molecule has 1 aromatic carbocycles. The average molecular weight is 436 g/mol. The Balaban J connectivity index is 1.92. The Bertz CT molecular complexity index is 932. The lowest BCUT2D eigenvalue weighted by molar-refractivity contribution is 0.204. The molecule has 10 heteroatoms. The van der Waals surface area contributed by atoms with Gasteiger partial charge in [-0.2, -0.15) is 4.98 Å². The van der Waals surface area contributed by atoms with Crippen LogP contribution < -0.4 is 10.6 Å². The number of nitrogens with one attached hydrogen (secondary N) is 2. The van der Waals surface area contributed by atoms with Gasteiger partial charge in [0.15, 0.2) is 21.8 Å². The van der Waals surface area contributed by atoms with E-state index in [1.807, 2.05) is 44.2 Å². The Morgan fingerprint density at radius 1 is 1.07 bits per heavy atom. The van der Waals surface area contributed by atoms with Crippen LogP contribution in [0, 0.1) is 0 Å². The Morgan fingerprint density at radius 2 is 1.79 bits per heavy atom. The molecular formula is C19H25N5O3S2. The van der Waals surface area contributed by atoms with Gasteiger partial charge in [-0.05, 0) is 19.4 Å². The quantitative estimate of drug-likeness (QED) is 0.241. The smallest absolute Gasteiger partial charge is 0.191 e. The number of aliphatic hydroxyl groups is 3. The van der Waals surface area contributed by atoms with E-state index in [1.165, 1.54) is 28.7 Å². The summed E-state index contributed by atoms with van der Waals surface area (Å²) in [4.78, 5) is 13.7. The Morgan fingerprint density at radius 3 is 2.45 bits per heavy atom. The zero-order chi connectivity index (χ0) is 20.9.